The number of allylic oxidation sites excluding steroid dienone is 1. The second-order valence-electron chi connectivity index (χ2n) is 13.9. The van der Waals surface area contributed by atoms with Gasteiger partial charge in [0.05, 0.1) is 17.8 Å². The molecule has 0 radical (unpaired) electrons. The molecule has 2 aliphatic heterocycles. The molecular formula is C35H41N5O7S2. The van der Waals surface area contributed by atoms with Crippen molar-refractivity contribution in [1.29, 1.82) is 0 Å². The van der Waals surface area contributed by atoms with Gasteiger partial charge in [0.15, 0.2) is 0 Å². The number of carbonyl (C=O) groups is 4. The van der Waals surface area contributed by atoms with Gasteiger partial charge in [-0.1, -0.05) is 25.0 Å². The summed E-state index contributed by atoms with van der Waals surface area (Å²) in [6, 6.07) is 0.988. The number of carboxylic acid groups (broad SMARTS) is 1. The Hall–Kier alpha value is -4.30. The molecule has 5 atom stereocenters. The molecule has 260 valence electrons. The average molecular weight is 708 g/mol. The summed E-state index contributed by atoms with van der Waals surface area (Å²) in [6.45, 7) is 5.14. The largest absolute Gasteiger partial charge is 0.479 e. The van der Waals surface area contributed by atoms with Gasteiger partial charge in [-0.15, -0.1) is 0 Å². The summed E-state index contributed by atoms with van der Waals surface area (Å²) in [5, 5.41) is 27.9. The van der Waals surface area contributed by atoms with Crippen molar-refractivity contribution in [1.82, 2.24) is 25.3 Å². The standard InChI is InChI=1S/C35H41N5O7S2/c1-34(2,3)47-33(46)37-26-10-8-6-4-5-7-9-23-16-35(23,32(44)45)38-29(41)27-15-24(18-39(27)30(26)42)40-31(43)28(22-12-14-49-20-22)25(17-36-40)21-11-13-48-19-21/h7,9,11-14,17,19-20,23-24,26-27H,4-6,8,10,15-16,18H2,1-3H3,(H,37,46)(H,38,41)(H,44,45)/b9-7-/t23?,24-,26+,27+,35-/m1/s1. The van der Waals surface area contributed by atoms with Gasteiger partial charge in [0.1, 0.15) is 23.2 Å². The molecule has 1 aliphatic carbocycles. The molecule has 3 aromatic heterocycles. The Balaban J connectivity index is 1.38. The quantitative estimate of drug-likeness (QED) is 0.305. The number of fused-ring (bicyclic) bond motifs is 2. The second kappa shape index (κ2) is 13.9. The lowest BCUT2D eigenvalue weighted by molar-refractivity contribution is -0.145. The van der Waals surface area contributed by atoms with E-state index in [1.54, 1.807) is 27.0 Å². The van der Waals surface area contributed by atoms with Crippen LogP contribution in [0.3, 0.4) is 0 Å². The number of aliphatic carboxylic acids is 1. The van der Waals surface area contributed by atoms with Crippen LogP contribution in [0.2, 0.25) is 0 Å². The number of thiophene rings is 2. The molecule has 1 saturated heterocycles. The number of rotatable bonds is 5. The zero-order valence-electron chi connectivity index (χ0n) is 27.7. The second-order valence-corrected chi connectivity index (χ2v) is 15.5. The third-order valence-corrected chi connectivity index (χ3v) is 10.7. The van der Waals surface area contributed by atoms with Crippen LogP contribution in [0.5, 0.6) is 0 Å². The van der Waals surface area contributed by atoms with Gasteiger partial charge in [-0.2, -0.15) is 27.8 Å². The minimum absolute atomic E-state index is 0.0285. The van der Waals surface area contributed by atoms with E-state index in [4.69, 9.17) is 4.74 Å². The van der Waals surface area contributed by atoms with Crippen LogP contribution < -0.4 is 16.2 Å². The molecule has 5 heterocycles. The molecule has 6 rings (SSSR count). The van der Waals surface area contributed by atoms with Crippen molar-refractivity contribution in [2.24, 2.45) is 5.92 Å². The molecule has 12 nitrogen and oxygen atoms in total. The summed E-state index contributed by atoms with van der Waals surface area (Å²) >= 11 is 2.97. The van der Waals surface area contributed by atoms with E-state index in [1.165, 1.54) is 32.3 Å². The minimum Gasteiger partial charge on any atom is -0.479 e. The Morgan fingerprint density at radius 2 is 1.82 bits per heavy atom. The molecule has 3 aromatic rings. The summed E-state index contributed by atoms with van der Waals surface area (Å²) in [6.07, 6.45) is 8.24. The number of alkyl carbamates (subject to hydrolysis) is 1. The lowest BCUT2D eigenvalue weighted by Crippen LogP contribution is -2.56. The Bertz CT molecular complexity index is 1800. The number of nitrogens with zero attached hydrogens (tertiary/aromatic N) is 3. The number of nitrogens with one attached hydrogen (secondary N) is 2. The average Bonchev–Trinajstić information content (AvgIpc) is 3.56. The van der Waals surface area contributed by atoms with E-state index in [-0.39, 0.29) is 30.9 Å². The Morgan fingerprint density at radius 1 is 1.08 bits per heavy atom. The smallest absolute Gasteiger partial charge is 0.408 e. The van der Waals surface area contributed by atoms with Crippen molar-refractivity contribution in [2.45, 2.75) is 95.0 Å². The van der Waals surface area contributed by atoms with Crippen LogP contribution >= 0.6 is 22.7 Å². The van der Waals surface area contributed by atoms with Crippen LogP contribution in [-0.4, -0.2) is 73.4 Å². The highest BCUT2D eigenvalue weighted by Gasteiger charge is 2.61. The maximum Gasteiger partial charge on any atom is 0.408 e. The molecular weight excluding hydrogens is 667 g/mol. The molecule has 2 fully saturated rings. The first kappa shape index (κ1) is 34.6. The molecule has 14 heteroatoms. The maximum atomic E-state index is 14.4. The fourth-order valence-electron chi connectivity index (χ4n) is 6.75. The zero-order chi connectivity index (χ0) is 34.9. The molecule has 3 aliphatic rings. The van der Waals surface area contributed by atoms with Gasteiger partial charge < -0.3 is 25.4 Å². The molecule has 1 saturated carbocycles. The zero-order valence-corrected chi connectivity index (χ0v) is 29.4. The van der Waals surface area contributed by atoms with E-state index >= 15 is 0 Å². The van der Waals surface area contributed by atoms with Crippen molar-refractivity contribution in [3.8, 4) is 22.3 Å². The number of hydrogen-bond donors (Lipinski definition) is 3. The van der Waals surface area contributed by atoms with E-state index in [1.807, 2.05) is 45.8 Å². The van der Waals surface area contributed by atoms with Crippen LogP contribution in [0, 0.1) is 5.92 Å². The van der Waals surface area contributed by atoms with Crippen molar-refractivity contribution in [3.05, 3.63) is 62.4 Å². The van der Waals surface area contributed by atoms with Crippen molar-refractivity contribution in [3.63, 3.8) is 0 Å². The fourth-order valence-corrected chi connectivity index (χ4v) is 8.06. The summed E-state index contributed by atoms with van der Waals surface area (Å²) in [7, 11) is 0. The number of amides is 3. The first-order valence-corrected chi connectivity index (χ1v) is 18.5. The van der Waals surface area contributed by atoms with Crippen LogP contribution in [0.4, 0.5) is 4.79 Å². The predicted octanol–water partition coefficient (Wildman–Crippen LogP) is 5.22. The fraction of sp³-hybridized carbons (Fsp3) is 0.486. The van der Waals surface area contributed by atoms with Gasteiger partial charge >= 0.3 is 12.1 Å². The highest BCUT2D eigenvalue weighted by molar-refractivity contribution is 7.08. The van der Waals surface area contributed by atoms with Gasteiger partial charge in [0.2, 0.25) is 11.8 Å². The molecule has 1 unspecified atom stereocenters. The van der Waals surface area contributed by atoms with Crippen molar-refractivity contribution >= 4 is 46.6 Å². The molecule has 3 amide bonds. The maximum absolute atomic E-state index is 14.4. The molecule has 49 heavy (non-hydrogen) atoms. The molecule has 0 aromatic carbocycles. The van der Waals surface area contributed by atoms with E-state index in [2.05, 4.69) is 15.7 Å². The Labute approximate surface area is 292 Å². The summed E-state index contributed by atoms with van der Waals surface area (Å²) < 4.78 is 6.81. The summed E-state index contributed by atoms with van der Waals surface area (Å²) in [4.78, 5) is 69.5. The first-order valence-electron chi connectivity index (χ1n) is 16.6. The monoisotopic (exact) mass is 707 g/mol. The summed E-state index contributed by atoms with van der Waals surface area (Å²) in [5.74, 6) is -2.64. The third kappa shape index (κ3) is 7.35. The lowest BCUT2D eigenvalue weighted by Gasteiger charge is -2.30. The van der Waals surface area contributed by atoms with Crippen LogP contribution in [-0.2, 0) is 19.1 Å². The molecule has 0 spiro atoms. The first-order chi connectivity index (χ1) is 23.4. The minimum atomic E-state index is -1.47. The topological polar surface area (TPSA) is 160 Å². The van der Waals surface area contributed by atoms with Crippen molar-refractivity contribution in [2.75, 3.05) is 6.54 Å². The van der Waals surface area contributed by atoms with Gasteiger partial charge in [0.25, 0.3) is 5.56 Å². The van der Waals surface area contributed by atoms with Crippen LogP contribution in [0.25, 0.3) is 22.3 Å². The van der Waals surface area contributed by atoms with E-state index in [0.29, 0.717) is 24.0 Å². The normalized spacial score (nSPS) is 26.8. The molecule has 3 N–H and O–H groups in total. The number of carboxylic acids is 1. The summed E-state index contributed by atoms with van der Waals surface area (Å²) in [5.41, 5.74) is 0.122. The highest BCUT2D eigenvalue weighted by atomic mass is 32.1. The van der Waals surface area contributed by atoms with Crippen LogP contribution in [0.15, 0.2) is 56.8 Å². The van der Waals surface area contributed by atoms with Crippen LogP contribution in [0.1, 0.15) is 71.8 Å². The van der Waals surface area contributed by atoms with E-state index in [0.717, 1.165) is 30.4 Å². The van der Waals surface area contributed by atoms with Gasteiger partial charge in [-0.25, -0.2) is 14.3 Å². The lowest BCUT2D eigenvalue weighted by atomic mass is 10.0. The number of hydrogen-bond acceptors (Lipinski definition) is 9. The molecule has 0 bridgehead atoms. The highest BCUT2D eigenvalue weighted by Crippen LogP contribution is 2.45. The van der Waals surface area contributed by atoms with Gasteiger partial charge in [0, 0.05) is 24.4 Å². The number of carbonyl (C=O) groups excluding carboxylic acids is 3. The number of ether oxygens (including phenoxy) is 1. The van der Waals surface area contributed by atoms with Gasteiger partial charge in [-0.05, 0) is 91.2 Å². The predicted molar refractivity (Wildman–Crippen MR) is 186 cm³/mol. The third-order valence-electron chi connectivity index (χ3n) is 9.32. The SMILES string of the molecule is CC(C)(C)OC(=O)N[C@H]1CCCCC/C=C\C2C[C@@]2(C(=O)O)NC(=O)[C@@H]2C[C@@H](n3ncc(-c4ccsc4)c(-c4ccsc4)c3=O)CN2C1=O. The Kier molecular flexibility index (Phi) is 9.81. The van der Waals surface area contributed by atoms with E-state index < -0.39 is 53.1 Å². The van der Waals surface area contributed by atoms with Gasteiger partial charge in [-0.3, -0.25) is 14.4 Å². The van der Waals surface area contributed by atoms with E-state index in [9.17, 15) is 29.1 Å². The Morgan fingerprint density at radius 3 is 2.49 bits per heavy atom. The number of aromatic nitrogens is 2. The van der Waals surface area contributed by atoms with Crippen molar-refractivity contribution < 1.29 is 29.0 Å².